The SMILES string of the molecule is CN=C(NCc1cccc(CN2CCCCCC2)c1)NCc1sc(C)nc1C. The highest BCUT2D eigenvalue weighted by molar-refractivity contribution is 7.11. The summed E-state index contributed by atoms with van der Waals surface area (Å²) in [5.41, 5.74) is 3.80. The fourth-order valence-corrected chi connectivity index (χ4v) is 4.58. The van der Waals surface area contributed by atoms with E-state index in [1.54, 1.807) is 11.3 Å². The summed E-state index contributed by atoms with van der Waals surface area (Å²) in [6.07, 6.45) is 5.43. The smallest absolute Gasteiger partial charge is 0.191 e. The molecular weight excluding hydrogens is 366 g/mol. The molecule has 1 aromatic carbocycles. The van der Waals surface area contributed by atoms with Gasteiger partial charge in [-0.15, -0.1) is 11.3 Å². The van der Waals surface area contributed by atoms with Crippen LogP contribution in [0.4, 0.5) is 0 Å². The molecule has 6 heteroatoms. The van der Waals surface area contributed by atoms with Gasteiger partial charge in [0.25, 0.3) is 0 Å². The van der Waals surface area contributed by atoms with Crippen molar-refractivity contribution in [2.75, 3.05) is 20.1 Å². The van der Waals surface area contributed by atoms with Crippen LogP contribution >= 0.6 is 11.3 Å². The molecule has 5 nitrogen and oxygen atoms in total. The first-order chi connectivity index (χ1) is 13.6. The lowest BCUT2D eigenvalue weighted by atomic mass is 10.1. The van der Waals surface area contributed by atoms with Crippen LogP contribution in [-0.4, -0.2) is 36.0 Å². The minimum atomic E-state index is 0.756. The Kier molecular flexibility index (Phi) is 7.86. The highest BCUT2D eigenvalue weighted by Crippen LogP contribution is 2.17. The number of hydrogen-bond acceptors (Lipinski definition) is 4. The average molecular weight is 400 g/mol. The molecule has 1 aliphatic rings. The van der Waals surface area contributed by atoms with E-state index in [2.05, 4.69) is 56.7 Å². The topological polar surface area (TPSA) is 52.6 Å². The summed E-state index contributed by atoms with van der Waals surface area (Å²) < 4.78 is 0. The van der Waals surface area contributed by atoms with E-state index in [4.69, 9.17) is 0 Å². The number of thiazole rings is 1. The minimum Gasteiger partial charge on any atom is -0.352 e. The van der Waals surface area contributed by atoms with E-state index in [9.17, 15) is 0 Å². The van der Waals surface area contributed by atoms with Gasteiger partial charge < -0.3 is 10.6 Å². The molecule has 0 unspecified atom stereocenters. The van der Waals surface area contributed by atoms with Gasteiger partial charge in [0.1, 0.15) is 0 Å². The van der Waals surface area contributed by atoms with Gasteiger partial charge in [0.2, 0.25) is 0 Å². The van der Waals surface area contributed by atoms with E-state index < -0.39 is 0 Å². The molecule has 2 aromatic rings. The maximum atomic E-state index is 4.49. The normalized spacial score (nSPS) is 16.0. The van der Waals surface area contributed by atoms with E-state index >= 15 is 0 Å². The molecule has 2 N–H and O–H groups in total. The Morgan fingerprint density at radius 1 is 1.07 bits per heavy atom. The molecule has 1 saturated heterocycles. The van der Waals surface area contributed by atoms with E-state index in [1.165, 1.54) is 54.8 Å². The van der Waals surface area contributed by atoms with Gasteiger partial charge >= 0.3 is 0 Å². The Balaban J connectivity index is 1.50. The number of aliphatic imine (C=N–C) groups is 1. The molecule has 0 radical (unpaired) electrons. The zero-order valence-corrected chi connectivity index (χ0v) is 18.2. The van der Waals surface area contributed by atoms with E-state index in [1.807, 2.05) is 14.0 Å². The molecule has 1 aliphatic heterocycles. The van der Waals surface area contributed by atoms with Crippen LogP contribution in [0.2, 0.25) is 0 Å². The lowest BCUT2D eigenvalue weighted by molar-refractivity contribution is 0.277. The van der Waals surface area contributed by atoms with Gasteiger partial charge in [-0.3, -0.25) is 9.89 Å². The van der Waals surface area contributed by atoms with Crippen LogP contribution in [0.15, 0.2) is 29.3 Å². The van der Waals surface area contributed by atoms with Crippen molar-refractivity contribution < 1.29 is 0 Å². The number of nitrogens with zero attached hydrogens (tertiary/aromatic N) is 3. The van der Waals surface area contributed by atoms with Crippen LogP contribution in [0.1, 0.15) is 52.4 Å². The third kappa shape index (κ3) is 6.31. The molecule has 0 atom stereocenters. The van der Waals surface area contributed by atoms with Crippen molar-refractivity contribution >= 4 is 17.3 Å². The first-order valence-corrected chi connectivity index (χ1v) is 11.1. The van der Waals surface area contributed by atoms with E-state index in [0.717, 1.165) is 36.3 Å². The fourth-order valence-electron chi connectivity index (χ4n) is 3.70. The first kappa shape index (κ1) is 20.8. The molecule has 0 aliphatic carbocycles. The lowest BCUT2D eigenvalue weighted by Gasteiger charge is -2.20. The van der Waals surface area contributed by atoms with Crippen molar-refractivity contribution in [3.8, 4) is 0 Å². The van der Waals surface area contributed by atoms with Crippen LogP contribution in [0.3, 0.4) is 0 Å². The summed E-state index contributed by atoms with van der Waals surface area (Å²) in [5, 5.41) is 7.94. The number of guanidine groups is 1. The molecule has 2 heterocycles. The van der Waals surface area contributed by atoms with E-state index in [-0.39, 0.29) is 0 Å². The summed E-state index contributed by atoms with van der Waals surface area (Å²) in [4.78, 5) is 12.7. The number of benzene rings is 1. The van der Waals surface area contributed by atoms with Gasteiger partial charge in [0.15, 0.2) is 5.96 Å². The van der Waals surface area contributed by atoms with Gasteiger partial charge in [-0.05, 0) is 50.9 Å². The Morgan fingerprint density at radius 2 is 1.79 bits per heavy atom. The second-order valence-electron chi connectivity index (χ2n) is 7.53. The Hall–Kier alpha value is -1.92. The highest BCUT2D eigenvalue weighted by Gasteiger charge is 2.10. The Labute approximate surface area is 173 Å². The third-order valence-electron chi connectivity index (χ3n) is 5.20. The molecule has 1 aromatic heterocycles. The summed E-state index contributed by atoms with van der Waals surface area (Å²) >= 11 is 1.74. The summed E-state index contributed by atoms with van der Waals surface area (Å²) in [6.45, 7) is 9.16. The molecule has 0 saturated carbocycles. The van der Waals surface area contributed by atoms with Crippen molar-refractivity contribution in [3.05, 3.63) is 51.0 Å². The zero-order chi connectivity index (χ0) is 19.8. The molecule has 1 fully saturated rings. The van der Waals surface area contributed by atoms with Crippen molar-refractivity contribution in [1.29, 1.82) is 0 Å². The van der Waals surface area contributed by atoms with Crippen LogP contribution < -0.4 is 10.6 Å². The number of nitrogens with one attached hydrogen (secondary N) is 2. The van der Waals surface area contributed by atoms with Gasteiger partial charge in [-0.25, -0.2) is 4.98 Å². The largest absolute Gasteiger partial charge is 0.352 e. The standard InChI is InChI=1S/C22H33N5S/c1-17-21(28-18(2)26-17)15-25-22(23-3)24-14-19-9-8-10-20(13-19)16-27-11-6-4-5-7-12-27/h8-10,13H,4-7,11-12,14-16H2,1-3H3,(H2,23,24,25). The number of rotatable bonds is 6. The highest BCUT2D eigenvalue weighted by atomic mass is 32.1. The molecule has 152 valence electrons. The molecule has 3 rings (SSSR count). The summed E-state index contributed by atoms with van der Waals surface area (Å²) in [7, 11) is 1.82. The first-order valence-electron chi connectivity index (χ1n) is 10.3. The van der Waals surface area contributed by atoms with Crippen LogP contribution in [0.5, 0.6) is 0 Å². The fraction of sp³-hybridized carbons (Fsp3) is 0.545. The van der Waals surface area contributed by atoms with Crippen molar-refractivity contribution in [1.82, 2.24) is 20.5 Å². The summed E-state index contributed by atoms with van der Waals surface area (Å²) in [5.74, 6) is 0.823. The van der Waals surface area contributed by atoms with Gasteiger partial charge in [-0.2, -0.15) is 0 Å². The quantitative estimate of drug-likeness (QED) is 0.569. The van der Waals surface area contributed by atoms with Crippen molar-refractivity contribution in [2.24, 2.45) is 4.99 Å². The van der Waals surface area contributed by atoms with Crippen molar-refractivity contribution in [2.45, 2.75) is 59.2 Å². The maximum Gasteiger partial charge on any atom is 0.191 e. The van der Waals surface area contributed by atoms with E-state index in [0.29, 0.717) is 0 Å². The van der Waals surface area contributed by atoms with Gasteiger partial charge in [0.05, 0.1) is 17.2 Å². The third-order valence-corrected chi connectivity index (χ3v) is 6.27. The zero-order valence-electron chi connectivity index (χ0n) is 17.4. The predicted molar refractivity (Wildman–Crippen MR) is 119 cm³/mol. The van der Waals surface area contributed by atoms with Crippen LogP contribution in [0.25, 0.3) is 0 Å². The summed E-state index contributed by atoms with van der Waals surface area (Å²) in [6, 6.07) is 8.92. The number of likely N-dealkylation sites (tertiary alicyclic amines) is 1. The van der Waals surface area contributed by atoms with Crippen LogP contribution in [-0.2, 0) is 19.6 Å². The predicted octanol–water partition coefficient (Wildman–Crippen LogP) is 4.00. The van der Waals surface area contributed by atoms with Crippen LogP contribution in [0, 0.1) is 13.8 Å². The second-order valence-corrected chi connectivity index (χ2v) is 8.82. The molecular formula is C22H33N5S. The maximum absolute atomic E-state index is 4.49. The van der Waals surface area contributed by atoms with Crippen molar-refractivity contribution in [3.63, 3.8) is 0 Å². The Morgan fingerprint density at radius 3 is 2.46 bits per heavy atom. The number of aromatic nitrogens is 1. The molecule has 0 spiro atoms. The van der Waals surface area contributed by atoms with Gasteiger partial charge in [-0.1, -0.05) is 37.1 Å². The molecule has 28 heavy (non-hydrogen) atoms. The second kappa shape index (κ2) is 10.6. The lowest BCUT2D eigenvalue weighted by Crippen LogP contribution is -2.36. The Bertz CT molecular complexity index is 775. The minimum absolute atomic E-state index is 0.756. The monoisotopic (exact) mass is 399 g/mol. The molecule has 0 amide bonds. The van der Waals surface area contributed by atoms with Gasteiger partial charge in [0, 0.05) is 25.0 Å². The average Bonchev–Trinajstić information content (AvgIpc) is 2.86. The molecule has 0 bridgehead atoms. The number of aryl methyl sites for hydroxylation is 2. The number of hydrogen-bond donors (Lipinski definition) is 2.